The number of nitrogens with two attached hydrogens (primary N) is 1. The lowest BCUT2D eigenvalue weighted by Gasteiger charge is -1.93. The topological polar surface area (TPSA) is 67.5 Å². The first-order chi connectivity index (χ1) is 7.18. The minimum Gasteiger partial charge on any atom is -0.350 e. The molecule has 0 aliphatic rings. The molecule has 0 saturated carbocycles. The fourth-order valence-corrected chi connectivity index (χ4v) is 1.27. The molecule has 15 heavy (non-hydrogen) atoms. The van der Waals surface area contributed by atoms with E-state index in [1.54, 1.807) is 0 Å². The molecule has 3 N–H and O–H groups in total. The molecule has 0 aliphatic heterocycles. The first-order valence-corrected chi connectivity index (χ1v) is 4.98. The highest BCUT2D eigenvalue weighted by Crippen LogP contribution is 2.09. The molecule has 0 aromatic heterocycles. The number of primary amides is 1. The van der Waals surface area contributed by atoms with Crippen molar-refractivity contribution >= 4 is 34.3 Å². The van der Waals surface area contributed by atoms with Crippen molar-refractivity contribution in [3.8, 4) is 0 Å². The van der Waals surface area contributed by atoms with Gasteiger partial charge in [-0.15, -0.1) is 0 Å². The Morgan fingerprint density at radius 2 is 2.07 bits per heavy atom. The van der Waals surface area contributed by atoms with Crippen LogP contribution >= 0.6 is 15.9 Å². The number of rotatable bonds is 3. The van der Waals surface area contributed by atoms with Crippen LogP contribution in [0.2, 0.25) is 0 Å². The number of carbonyl (C=O) groups is 1. The molecule has 0 spiro atoms. The molecule has 1 aromatic rings. The number of carbonyl (C=O) groups excluding carboxylic acids is 1. The third-order valence-corrected chi connectivity index (χ3v) is 1.90. The van der Waals surface area contributed by atoms with Gasteiger partial charge in [-0.2, -0.15) is 5.10 Å². The average Bonchev–Trinajstić information content (AvgIpc) is 2.18. The second-order valence-corrected chi connectivity index (χ2v) is 3.59. The molecule has 5 heteroatoms. The number of benzene rings is 1. The van der Waals surface area contributed by atoms with Gasteiger partial charge in [0.05, 0.1) is 6.21 Å². The number of hydrogen-bond acceptors (Lipinski definition) is 2. The summed E-state index contributed by atoms with van der Waals surface area (Å²) in [6, 6.07) is 9.03. The SMILES string of the molecule is NC(=O)N/N=C/C(Br)=C/c1ccccc1. The van der Waals surface area contributed by atoms with Gasteiger partial charge in [0, 0.05) is 4.48 Å². The second kappa shape index (κ2) is 5.98. The van der Waals surface area contributed by atoms with Crippen molar-refractivity contribution in [2.45, 2.75) is 0 Å². The molecule has 0 unspecified atom stereocenters. The molecule has 2 amide bonds. The van der Waals surface area contributed by atoms with Crippen molar-refractivity contribution in [3.05, 3.63) is 40.4 Å². The van der Waals surface area contributed by atoms with Gasteiger partial charge in [-0.05, 0) is 27.6 Å². The van der Waals surface area contributed by atoms with E-state index in [2.05, 4.69) is 26.5 Å². The Morgan fingerprint density at radius 3 is 2.67 bits per heavy atom. The van der Waals surface area contributed by atoms with Gasteiger partial charge in [0.1, 0.15) is 0 Å². The summed E-state index contributed by atoms with van der Waals surface area (Å²) in [4.78, 5) is 10.3. The lowest BCUT2D eigenvalue weighted by molar-refractivity contribution is 0.249. The third kappa shape index (κ3) is 4.97. The van der Waals surface area contributed by atoms with E-state index in [9.17, 15) is 4.79 Å². The Kier molecular flexibility index (Phi) is 4.56. The molecule has 0 atom stereocenters. The largest absolute Gasteiger partial charge is 0.350 e. The van der Waals surface area contributed by atoms with E-state index in [0.29, 0.717) is 0 Å². The highest BCUT2D eigenvalue weighted by atomic mass is 79.9. The summed E-state index contributed by atoms with van der Waals surface area (Å²) in [7, 11) is 0. The van der Waals surface area contributed by atoms with E-state index in [-0.39, 0.29) is 0 Å². The molecule has 78 valence electrons. The summed E-state index contributed by atoms with van der Waals surface area (Å²) in [6.45, 7) is 0. The summed E-state index contributed by atoms with van der Waals surface area (Å²) in [5.74, 6) is 0. The zero-order chi connectivity index (χ0) is 11.1. The van der Waals surface area contributed by atoms with Gasteiger partial charge in [0.25, 0.3) is 0 Å². The maximum absolute atomic E-state index is 10.3. The molecule has 4 nitrogen and oxygen atoms in total. The summed E-state index contributed by atoms with van der Waals surface area (Å²) in [5.41, 5.74) is 7.97. The lowest BCUT2D eigenvalue weighted by atomic mass is 10.2. The van der Waals surface area contributed by atoms with Crippen LogP contribution in [0, 0.1) is 0 Å². The van der Waals surface area contributed by atoms with Gasteiger partial charge in [-0.25, -0.2) is 10.2 Å². The first-order valence-electron chi connectivity index (χ1n) is 4.19. The number of amides is 2. The van der Waals surface area contributed by atoms with Crippen LogP contribution in [0.4, 0.5) is 4.79 Å². The Balaban J connectivity index is 2.61. The van der Waals surface area contributed by atoms with Gasteiger partial charge >= 0.3 is 6.03 Å². The molecule has 0 aliphatic carbocycles. The Hall–Kier alpha value is -1.62. The molecule has 1 aromatic carbocycles. The zero-order valence-corrected chi connectivity index (χ0v) is 9.44. The summed E-state index contributed by atoms with van der Waals surface area (Å²) in [5, 5.41) is 3.60. The quantitative estimate of drug-likeness (QED) is 0.639. The van der Waals surface area contributed by atoms with Crippen LogP contribution in [-0.4, -0.2) is 12.2 Å². The highest BCUT2D eigenvalue weighted by Gasteiger charge is 1.89. The van der Waals surface area contributed by atoms with E-state index in [1.807, 2.05) is 36.4 Å². The van der Waals surface area contributed by atoms with Gasteiger partial charge < -0.3 is 5.73 Å². The lowest BCUT2D eigenvalue weighted by Crippen LogP contribution is -2.24. The van der Waals surface area contributed by atoms with E-state index < -0.39 is 6.03 Å². The molecular formula is C10H10BrN3O. The maximum Gasteiger partial charge on any atom is 0.332 e. The van der Waals surface area contributed by atoms with Crippen molar-refractivity contribution < 1.29 is 4.79 Å². The molecule has 0 heterocycles. The van der Waals surface area contributed by atoms with Crippen LogP contribution in [0.3, 0.4) is 0 Å². The van der Waals surface area contributed by atoms with Gasteiger partial charge in [0.15, 0.2) is 0 Å². The predicted molar refractivity (Wildman–Crippen MR) is 64.6 cm³/mol. The number of allylic oxidation sites excluding steroid dienone is 1. The van der Waals surface area contributed by atoms with E-state index >= 15 is 0 Å². The molecule has 1 rings (SSSR count). The number of urea groups is 1. The van der Waals surface area contributed by atoms with Crippen LogP contribution in [0.5, 0.6) is 0 Å². The van der Waals surface area contributed by atoms with Crippen LogP contribution in [-0.2, 0) is 0 Å². The normalized spacial score (nSPS) is 11.7. The van der Waals surface area contributed by atoms with Crippen LogP contribution in [0.1, 0.15) is 5.56 Å². The Bertz CT molecular complexity index is 387. The fourth-order valence-electron chi connectivity index (χ4n) is 0.903. The number of hydrogen-bond donors (Lipinski definition) is 2. The summed E-state index contributed by atoms with van der Waals surface area (Å²) < 4.78 is 0.738. The Labute approximate surface area is 96.0 Å². The molecule has 0 saturated heterocycles. The van der Waals surface area contributed by atoms with Crippen LogP contribution in [0.15, 0.2) is 39.9 Å². The molecule has 0 bridgehead atoms. The van der Waals surface area contributed by atoms with Crippen LogP contribution in [0.25, 0.3) is 6.08 Å². The number of nitrogens with one attached hydrogen (secondary N) is 1. The van der Waals surface area contributed by atoms with Gasteiger partial charge in [-0.1, -0.05) is 30.3 Å². The monoisotopic (exact) mass is 267 g/mol. The minimum atomic E-state index is -0.689. The smallest absolute Gasteiger partial charge is 0.332 e. The minimum absolute atomic E-state index is 0.689. The fraction of sp³-hybridized carbons (Fsp3) is 0. The average molecular weight is 268 g/mol. The summed E-state index contributed by atoms with van der Waals surface area (Å²) in [6.07, 6.45) is 3.32. The van der Waals surface area contributed by atoms with Crippen molar-refractivity contribution in [2.24, 2.45) is 10.8 Å². The van der Waals surface area contributed by atoms with Crippen molar-refractivity contribution in [3.63, 3.8) is 0 Å². The summed E-state index contributed by atoms with van der Waals surface area (Å²) >= 11 is 3.28. The van der Waals surface area contributed by atoms with Crippen molar-refractivity contribution in [2.75, 3.05) is 0 Å². The number of halogens is 1. The predicted octanol–water partition coefficient (Wildman–Crippen LogP) is 2.08. The number of hydrazone groups is 1. The standard InChI is InChI=1S/C10H10BrN3O/c11-9(7-13-14-10(12)15)6-8-4-2-1-3-5-8/h1-7H,(H3,12,14,15)/b9-6-,13-7+. The van der Waals surface area contributed by atoms with Crippen molar-refractivity contribution in [1.82, 2.24) is 5.43 Å². The third-order valence-electron chi connectivity index (χ3n) is 1.47. The Morgan fingerprint density at radius 1 is 1.40 bits per heavy atom. The highest BCUT2D eigenvalue weighted by molar-refractivity contribution is 9.12. The number of nitrogens with zero attached hydrogens (tertiary/aromatic N) is 1. The van der Waals surface area contributed by atoms with Gasteiger partial charge in [-0.3, -0.25) is 0 Å². The van der Waals surface area contributed by atoms with Gasteiger partial charge in [0.2, 0.25) is 0 Å². The van der Waals surface area contributed by atoms with E-state index in [1.165, 1.54) is 6.21 Å². The van der Waals surface area contributed by atoms with E-state index in [0.717, 1.165) is 10.0 Å². The van der Waals surface area contributed by atoms with E-state index in [4.69, 9.17) is 5.73 Å². The maximum atomic E-state index is 10.3. The molecular weight excluding hydrogens is 258 g/mol. The van der Waals surface area contributed by atoms with Crippen LogP contribution < -0.4 is 11.2 Å². The molecule has 0 fully saturated rings. The first kappa shape index (κ1) is 11.5. The zero-order valence-electron chi connectivity index (χ0n) is 7.85. The second-order valence-electron chi connectivity index (χ2n) is 2.67. The molecule has 0 radical (unpaired) electrons. The van der Waals surface area contributed by atoms with Crippen molar-refractivity contribution in [1.29, 1.82) is 0 Å².